The van der Waals surface area contributed by atoms with Crippen LogP contribution in [0.2, 0.25) is 0 Å². The number of carbonyl (C=O) groups is 1. The van der Waals surface area contributed by atoms with Gasteiger partial charge in [-0.2, -0.15) is 4.89 Å². The van der Waals surface area contributed by atoms with Crippen LogP contribution in [-0.4, -0.2) is 23.2 Å². The average molecular weight is 204 g/mol. The minimum Gasteiger partial charge on any atom is -0.450 e. The maximum Gasteiger partial charge on any atom is 0.508 e. The van der Waals surface area contributed by atoms with Crippen LogP contribution in [0.25, 0.3) is 0 Å². The summed E-state index contributed by atoms with van der Waals surface area (Å²) in [5, 5.41) is 8.30. The number of hydrogen-bond acceptors (Lipinski definition) is 4. The van der Waals surface area contributed by atoms with Crippen molar-refractivity contribution in [1.82, 2.24) is 0 Å². The molecule has 0 aromatic rings. The van der Waals surface area contributed by atoms with Crippen molar-refractivity contribution in [3.05, 3.63) is 12.7 Å². The molecule has 0 heterocycles. The second-order valence-corrected chi connectivity index (χ2v) is 3.28. The molecule has 1 atom stereocenters. The molecule has 82 valence electrons. The van der Waals surface area contributed by atoms with E-state index in [2.05, 4.69) is 11.3 Å². The van der Waals surface area contributed by atoms with Crippen molar-refractivity contribution in [1.29, 1.82) is 0 Å². The highest BCUT2D eigenvalue weighted by Crippen LogP contribution is 2.15. The Hall–Kier alpha value is -1.07. The van der Waals surface area contributed by atoms with Crippen molar-refractivity contribution >= 4 is 6.16 Å². The Bertz CT molecular complexity index is 199. The third-order valence-corrected chi connectivity index (χ3v) is 1.63. The molecule has 1 unspecified atom stereocenters. The van der Waals surface area contributed by atoms with Crippen LogP contribution in [-0.2, 0) is 14.5 Å². The first-order chi connectivity index (χ1) is 6.41. The number of carboxylic acid groups (broad SMARTS) is 1. The third kappa shape index (κ3) is 5.55. The number of rotatable bonds is 6. The Kier molecular flexibility index (Phi) is 5.19. The van der Waals surface area contributed by atoms with E-state index in [-0.39, 0.29) is 0 Å². The van der Waals surface area contributed by atoms with E-state index in [4.69, 9.17) is 14.9 Å². The maximum absolute atomic E-state index is 10.2. The lowest BCUT2D eigenvalue weighted by molar-refractivity contribution is -0.401. The van der Waals surface area contributed by atoms with Crippen molar-refractivity contribution in [2.45, 2.75) is 39.1 Å². The highest BCUT2D eigenvalue weighted by atomic mass is 17.2. The zero-order valence-electron chi connectivity index (χ0n) is 8.65. The van der Waals surface area contributed by atoms with Crippen LogP contribution in [0.15, 0.2) is 12.7 Å². The normalized spacial score (nSPS) is 13.4. The quantitative estimate of drug-likeness (QED) is 0.236. The molecule has 0 spiro atoms. The Labute approximate surface area is 83.2 Å². The zero-order valence-corrected chi connectivity index (χ0v) is 8.65. The van der Waals surface area contributed by atoms with Crippen molar-refractivity contribution in [3.8, 4) is 0 Å². The smallest absolute Gasteiger partial charge is 0.450 e. The molecule has 0 aliphatic heterocycles. The first-order valence-corrected chi connectivity index (χ1v) is 4.28. The molecule has 0 rings (SSSR count). The van der Waals surface area contributed by atoms with Gasteiger partial charge in [-0.15, -0.1) is 0 Å². The Morgan fingerprint density at radius 2 is 2.21 bits per heavy atom. The lowest BCUT2D eigenvalue weighted by atomic mass is 10.1. The molecular formula is C9H16O5. The molecule has 5 nitrogen and oxygen atoms in total. The highest BCUT2D eigenvalue weighted by Gasteiger charge is 2.20. The highest BCUT2D eigenvalue weighted by molar-refractivity contribution is 5.57. The van der Waals surface area contributed by atoms with E-state index in [1.54, 1.807) is 0 Å². The largest absolute Gasteiger partial charge is 0.508 e. The molecule has 1 N–H and O–H groups in total. The predicted molar refractivity (Wildman–Crippen MR) is 49.6 cm³/mol. The van der Waals surface area contributed by atoms with Gasteiger partial charge in [-0.25, -0.2) is 9.68 Å². The van der Waals surface area contributed by atoms with E-state index in [1.165, 1.54) is 6.08 Å². The van der Waals surface area contributed by atoms with Crippen molar-refractivity contribution in [3.63, 3.8) is 0 Å². The number of ether oxygens (including phenoxy) is 1. The summed E-state index contributed by atoms with van der Waals surface area (Å²) in [6.45, 7) is 8.90. The topological polar surface area (TPSA) is 65.0 Å². The molecule has 14 heavy (non-hydrogen) atoms. The molecule has 0 amide bonds. The SMILES string of the molecule is C=CC(OOC(C)(C)CC)OC(=O)O. The second kappa shape index (κ2) is 5.62. The van der Waals surface area contributed by atoms with Gasteiger partial charge < -0.3 is 9.84 Å². The van der Waals surface area contributed by atoms with Crippen LogP contribution in [0.3, 0.4) is 0 Å². The van der Waals surface area contributed by atoms with Crippen molar-refractivity contribution < 1.29 is 24.4 Å². The summed E-state index contributed by atoms with van der Waals surface area (Å²) in [6, 6.07) is 0. The zero-order chi connectivity index (χ0) is 11.2. The van der Waals surface area contributed by atoms with Gasteiger partial charge >= 0.3 is 6.16 Å². The second-order valence-electron chi connectivity index (χ2n) is 3.28. The van der Waals surface area contributed by atoms with Crippen LogP contribution in [0, 0.1) is 0 Å². The van der Waals surface area contributed by atoms with Crippen LogP contribution in [0.5, 0.6) is 0 Å². The van der Waals surface area contributed by atoms with E-state index in [1.807, 2.05) is 20.8 Å². The predicted octanol–water partition coefficient (Wildman–Crippen LogP) is 2.33. The van der Waals surface area contributed by atoms with E-state index >= 15 is 0 Å². The standard InChI is InChI=1S/C9H16O5/c1-5-7(12-8(10)11)13-14-9(3,4)6-2/h5,7H,1,6H2,2-4H3,(H,10,11). The van der Waals surface area contributed by atoms with Crippen molar-refractivity contribution in [2.75, 3.05) is 0 Å². The van der Waals surface area contributed by atoms with Crippen molar-refractivity contribution in [2.24, 2.45) is 0 Å². The minimum atomic E-state index is -1.44. The van der Waals surface area contributed by atoms with Gasteiger partial charge in [0.25, 0.3) is 6.29 Å². The van der Waals surface area contributed by atoms with Gasteiger partial charge in [0.05, 0.1) is 5.60 Å². The Morgan fingerprint density at radius 1 is 1.64 bits per heavy atom. The van der Waals surface area contributed by atoms with Crippen LogP contribution in [0.1, 0.15) is 27.2 Å². The summed E-state index contributed by atoms with van der Waals surface area (Å²) < 4.78 is 4.29. The van der Waals surface area contributed by atoms with Gasteiger partial charge in [0.1, 0.15) is 0 Å². The molecule has 0 saturated heterocycles. The van der Waals surface area contributed by atoms with Gasteiger partial charge in [-0.1, -0.05) is 13.5 Å². The van der Waals surface area contributed by atoms with Gasteiger partial charge in [-0.05, 0) is 26.3 Å². The monoisotopic (exact) mass is 204 g/mol. The fourth-order valence-electron chi connectivity index (χ4n) is 0.443. The van der Waals surface area contributed by atoms with Crippen LogP contribution >= 0.6 is 0 Å². The summed E-state index contributed by atoms with van der Waals surface area (Å²) in [5.41, 5.74) is -0.483. The first kappa shape index (κ1) is 12.9. The molecule has 0 aliphatic carbocycles. The Morgan fingerprint density at radius 3 is 2.57 bits per heavy atom. The molecule has 0 radical (unpaired) electrons. The Balaban J connectivity index is 3.95. The van der Waals surface area contributed by atoms with Gasteiger partial charge in [0.2, 0.25) is 0 Å². The maximum atomic E-state index is 10.2. The van der Waals surface area contributed by atoms with Gasteiger partial charge in [-0.3, -0.25) is 0 Å². The summed E-state index contributed by atoms with van der Waals surface area (Å²) in [5.74, 6) is 0. The van der Waals surface area contributed by atoms with E-state index < -0.39 is 18.0 Å². The van der Waals surface area contributed by atoms with Gasteiger partial charge in [0, 0.05) is 0 Å². The summed E-state index contributed by atoms with van der Waals surface area (Å²) in [7, 11) is 0. The molecule has 0 bridgehead atoms. The average Bonchev–Trinajstić information content (AvgIpc) is 2.12. The van der Waals surface area contributed by atoms with E-state index in [0.717, 1.165) is 6.42 Å². The van der Waals surface area contributed by atoms with Crippen LogP contribution in [0.4, 0.5) is 4.79 Å². The third-order valence-electron chi connectivity index (χ3n) is 1.63. The molecular weight excluding hydrogens is 188 g/mol. The van der Waals surface area contributed by atoms with Crippen LogP contribution < -0.4 is 0 Å². The summed E-state index contributed by atoms with van der Waals surface area (Å²) >= 11 is 0. The molecule has 0 aliphatic rings. The lowest BCUT2D eigenvalue weighted by Crippen LogP contribution is -2.28. The fraction of sp³-hybridized carbons (Fsp3) is 0.667. The minimum absolute atomic E-state index is 0.483. The molecule has 0 aromatic heterocycles. The lowest BCUT2D eigenvalue weighted by Gasteiger charge is -2.23. The molecule has 0 aromatic carbocycles. The number of hydrogen-bond donors (Lipinski definition) is 1. The molecule has 0 fully saturated rings. The summed E-state index contributed by atoms with van der Waals surface area (Å²) in [4.78, 5) is 19.9. The first-order valence-electron chi connectivity index (χ1n) is 4.28. The molecule has 5 heteroatoms. The van der Waals surface area contributed by atoms with E-state index in [0.29, 0.717) is 0 Å². The van der Waals surface area contributed by atoms with E-state index in [9.17, 15) is 4.79 Å². The summed E-state index contributed by atoms with van der Waals surface area (Å²) in [6.07, 6.45) is -0.616. The fourth-order valence-corrected chi connectivity index (χ4v) is 0.443. The van der Waals surface area contributed by atoms with Gasteiger partial charge in [0.15, 0.2) is 0 Å². The molecule has 0 saturated carbocycles.